The van der Waals surface area contributed by atoms with E-state index in [9.17, 15) is 4.79 Å². The van der Waals surface area contributed by atoms with E-state index in [-0.39, 0.29) is 5.41 Å². The molecule has 0 N–H and O–H groups in total. The van der Waals surface area contributed by atoms with Crippen molar-refractivity contribution in [2.75, 3.05) is 13.1 Å². The van der Waals surface area contributed by atoms with E-state index in [1.54, 1.807) is 0 Å². The van der Waals surface area contributed by atoms with Crippen molar-refractivity contribution in [1.82, 2.24) is 4.90 Å². The Morgan fingerprint density at radius 3 is 2.50 bits per heavy atom. The van der Waals surface area contributed by atoms with Crippen LogP contribution >= 0.6 is 0 Å². The third kappa shape index (κ3) is 3.41. The van der Waals surface area contributed by atoms with E-state index in [0.717, 1.165) is 25.9 Å². The van der Waals surface area contributed by atoms with E-state index in [1.807, 2.05) is 4.90 Å². The fraction of sp³-hybridized carbons (Fsp3) is 0.611. The van der Waals surface area contributed by atoms with Crippen molar-refractivity contribution in [2.24, 2.45) is 5.92 Å². The minimum Gasteiger partial charge on any atom is -0.342 e. The van der Waals surface area contributed by atoms with Crippen LogP contribution in [0.5, 0.6) is 0 Å². The van der Waals surface area contributed by atoms with E-state index >= 15 is 0 Å². The van der Waals surface area contributed by atoms with E-state index < -0.39 is 0 Å². The predicted octanol–water partition coefficient (Wildman–Crippen LogP) is 3.79. The van der Waals surface area contributed by atoms with Crippen molar-refractivity contribution in [3.63, 3.8) is 0 Å². The Balaban J connectivity index is 1.95. The molecule has 0 spiro atoms. The van der Waals surface area contributed by atoms with Gasteiger partial charge in [-0.05, 0) is 35.3 Å². The molecule has 1 amide bonds. The number of carbonyl (C=O) groups excluding carboxylic acids is 1. The first-order valence-electron chi connectivity index (χ1n) is 7.78. The van der Waals surface area contributed by atoms with Crippen LogP contribution in [0.1, 0.15) is 51.7 Å². The van der Waals surface area contributed by atoms with E-state index in [4.69, 9.17) is 0 Å². The molecule has 110 valence electrons. The molecule has 2 heteroatoms. The van der Waals surface area contributed by atoms with Crippen molar-refractivity contribution in [3.8, 4) is 0 Å². The summed E-state index contributed by atoms with van der Waals surface area (Å²) >= 11 is 0. The number of hydrogen-bond acceptors (Lipinski definition) is 1. The lowest BCUT2D eigenvalue weighted by Crippen LogP contribution is -2.50. The molecule has 0 atom stereocenters. The minimum atomic E-state index is 0.193. The van der Waals surface area contributed by atoms with Crippen molar-refractivity contribution < 1.29 is 4.79 Å². The second-order valence-corrected chi connectivity index (χ2v) is 7.03. The number of rotatable bonds is 4. The van der Waals surface area contributed by atoms with Crippen molar-refractivity contribution >= 4 is 5.91 Å². The summed E-state index contributed by atoms with van der Waals surface area (Å²) in [5.41, 5.74) is 3.09. The molecule has 0 saturated carbocycles. The second kappa shape index (κ2) is 5.99. The molecule has 0 unspecified atom stereocenters. The summed E-state index contributed by atoms with van der Waals surface area (Å²) in [6, 6.07) is 8.75. The van der Waals surface area contributed by atoms with Gasteiger partial charge in [-0.1, -0.05) is 52.0 Å². The molecule has 1 saturated heterocycles. The van der Waals surface area contributed by atoms with Gasteiger partial charge >= 0.3 is 0 Å². The second-order valence-electron chi connectivity index (χ2n) is 7.03. The molecule has 2 nitrogen and oxygen atoms in total. The Kier molecular flexibility index (Phi) is 4.52. The van der Waals surface area contributed by atoms with Crippen molar-refractivity contribution in [1.29, 1.82) is 0 Å². The van der Waals surface area contributed by atoms with Gasteiger partial charge in [0.25, 0.3) is 0 Å². The van der Waals surface area contributed by atoms with Gasteiger partial charge in [0.15, 0.2) is 0 Å². The van der Waals surface area contributed by atoms with Crippen LogP contribution in [-0.2, 0) is 16.6 Å². The van der Waals surface area contributed by atoms with Crippen LogP contribution in [0.3, 0.4) is 0 Å². The standard InChI is InChI=1S/C18H27NO/c1-5-8-17(20)19-12-14(13-19)11-15-9-6-7-10-16(15)18(2,3)4/h6-7,9-10,14H,5,8,11-13H2,1-4H3. The van der Waals surface area contributed by atoms with Gasteiger partial charge in [0.05, 0.1) is 0 Å². The molecule has 1 aromatic rings. The number of nitrogens with zero attached hydrogens (tertiary/aromatic N) is 1. The van der Waals surface area contributed by atoms with Gasteiger partial charge in [-0.15, -0.1) is 0 Å². The third-order valence-corrected chi connectivity index (χ3v) is 4.11. The minimum absolute atomic E-state index is 0.193. The highest BCUT2D eigenvalue weighted by Crippen LogP contribution is 2.29. The topological polar surface area (TPSA) is 20.3 Å². The van der Waals surface area contributed by atoms with E-state index in [0.29, 0.717) is 18.2 Å². The summed E-state index contributed by atoms with van der Waals surface area (Å²) in [6.45, 7) is 10.8. The summed E-state index contributed by atoms with van der Waals surface area (Å²) in [5, 5.41) is 0. The zero-order chi connectivity index (χ0) is 14.8. The van der Waals surface area contributed by atoms with E-state index in [2.05, 4.69) is 52.0 Å². The summed E-state index contributed by atoms with van der Waals surface area (Å²) < 4.78 is 0. The first-order valence-corrected chi connectivity index (χ1v) is 7.78. The lowest BCUT2D eigenvalue weighted by Gasteiger charge is -2.40. The summed E-state index contributed by atoms with van der Waals surface area (Å²) in [6.07, 6.45) is 2.75. The largest absolute Gasteiger partial charge is 0.342 e. The Hall–Kier alpha value is -1.31. The number of likely N-dealkylation sites (tertiary alicyclic amines) is 1. The Morgan fingerprint density at radius 1 is 1.25 bits per heavy atom. The summed E-state index contributed by atoms with van der Waals surface area (Å²) in [5.74, 6) is 0.965. The zero-order valence-corrected chi connectivity index (χ0v) is 13.3. The molecule has 1 aliphatic rings. The normalized spacial score (nSPS) is 16.1. The van der Waals surface area contributed by atoms with Gasteiger partial charge in [0.2, 0.25) is 5.91 Å². The summed E-state index contributed by atoms with van der Waals surface area (Å²) in [4.78, 5) is 13.8. The van der Waals surface area contributed by atoms with Gasteiger partial charge in [-0.25, -0.2) is 0 Å². The summed E-state index contributed by atoms with van der Waals surface area (Å²) in [7, 11) is 0. The zero-order valence-electron chi connectivity index (χ0n) is 13.3. The number of amides is 1. The highest BCUT2D eigenvalue weighted by atomic mass is 16.2. The fourth-order valence-electron chi connectivity index (χ4n) is 3.02. The maximum Gasteiger partial charge on any atom is 0.222 e. The molecule has 1 heterocycles. The Bertz CT molecular complexity index is 467. The van der Waals surface area contributed by atoms with E-state index in [1.165, 1.54) is 11.1 Å². The molecule has 20 heavy (non-hydrogen) atoms. The molecule has 1 aromatic carbocycles. The first-order chi connectivity index (χ1) is 9.41. The molecule has 0 bridgehead atoms. The number of hydrogen-bond donors (Lipinski definition) is 0. The quantitative estimate of drug-likeness (QED) is 0.817. The smallest absolute Gasteiger partial charge is 0.222 e. The molecule has 0 aromatic heterocycles. The molecule has 1 aliphatic heterocycles. The molecular formula is C18H27NO. The fourth-order valence-corrected chi connectivity index (χ4v) is 3.02. The van der Waals surface area contributed by atoms with Crippen LogP contribution in [0.25, 0.3) is 0 Å². The van der Waals surface area contributed by atoms with Gasteiger partial charge in [0.1, 0.15) is 0 Å². The molecular weight excluding hydrogens is 246 g/mol. The van der Waals surface area contributed by atoms with Crippen LogP contribution in [-0.4, -0.2) is 23.9 Å². The highest BCUT2D eigenvalue weighted by molar-refractivity contribution is 5.76. The average molecular weight is 273 g/mol. The number of benzene rings is 1. The number of carbonyl (C=O) groups is 1. The van der Waals surface area contributed by atoms with Crippen LogP contribution in [0, 0.1) is 5.92 Å². The predicted molar refractivity (Wildman–Crippen MR) is 83.8 cm³/mol. The van der Waals surface area contributed by atoms with Crippen LogP contribution in [0.2, 0.25) is 0 Å². The van der Waals surface area contributed by atoms with Crippen LogP contribution in [0.4, 0.5) is 0 Å². The Morgan fingerprint density at radius 2 is 1.90 bits per heavy atom. The maximum atomic E-state index is 11.8. The Labute approximate surface area is 123 Å². The van der Waals surface area contributed by atoms with Gasteiger partial charge in [0, 0.05) is 19.5 Å². The monoisotopic (exact) mass is 273 g/mol. The van der Waals surface area contributed by atoms with Gasteiger partial charge < -0.3 is 4.90 Å². The van der Waals surface area contributed by atoms with Crippen LogP contribution < -0.4 is 0 Å². The first kappa shape index (κ1) is 15.1. The van der Waals surface area contributed by atoms with Gasteiger partial charge in [-0.3, -0.25) is 4.79 Å². The lowest BCUT2D eigenvalue weighted by molar-refractivity contribution is -0.137. The third-order valence-electron chi connectivity index (χ3n) is 4.11. The highest BCUT2D eigenvalue weighted by Gasteiger charge is 2.31. The lowest BCUT2D eigenvalue weighted by atomic mass is 9.80. The van der Waals surface area contributed by atoms with Crippen LogP contribution in [0.15, 0.2) is 24.3 Å². The molecule has 1 fully saturated rings. The SMILES string of the molecule is CCCC(=O)N1CC(Cc2ccccc2C(C)(C)C)C1. The van der Waals surface area contributed by atoms with Gasteiger partial charge in [-0.2, -0.15) is 0 Å². The van der Waals surface area contributed by atoms with Crippen molar-refractivity contribution in [2.45, 2.75) is 52.4 Å². The maximum absolute atomic E-state index is 11.8. The molecule has 0 radical (unpaired) electrons. The molecule has 0 aliphatic carbocycles. The van der Waals surface area contributed by atoms with Crippen molar-refractivity contribution in [3.05, 3.63) is 35.4 Å². The average Bonchev–Trinajstić information content (AvgIpc) is 2.32. The molecule has 2 rings (SSSR count).